The van der Waals surface area contributed by atoms with Crippen molar-refractivity contribution in [3.63, 3.8) is 0 Å². The van der Waals surface area contributed by atoms with Crippen LogP contribution in [0, 0.1) is 11.8 Å². The van der Waals surface area contributed by atoms with Gasteiger partial charge in [-0.05, 0) is 25.7 Å². The van der Waals surface area contributed by atoms with Crippen LogP contribution in [0.15, 0.2) is 0 Å². The molecule has 0 bridgehead atoms. The van der Waals surface area contributed by atoms with Gasteiger partial charge in [0.2, 0.25) is 5.91 Å². The van der Waals surface area contributed by atoms with Gasteiger partial charge in [0.1, 0.15) is 0 Å². The van der Waals surface area contributed by atoms with E-state index in [0.29, 0.717) is 25.8 Å². The van der Waals surface area contributed by atoms with Crippen LogP contribution in [0.3, 0.4) is 0 Å². The van der Waals surface area contributed by atoms with Gasteiger partial charge in [-0.2, -0.15) is 0 Å². The van der Waals surface area contributed by atoms with E-state index in [1.807, 2.05) is 20.8 Å². The van der Waals surface area contributed by atoms with E-state index in [4.69, 9.17) is 10.8 Å². The van der Waals surface area contributed by atoms with Gasteiger partial charge in [0, 0.05) is 25.0 Å². The zero-order valence-electron chi connectivity index (χ0n) is 11.4. The Morgan fingerprint density at radius 1 is 1.44 bits per heavy atom. The number of hydrogen-bond donors (Lipinski definition) is 2. The third kappa shape index (κ3) is 3.70. The summed E-state index contributed by atoms with van der Waals surface area (Å²) in [5.41, 5.74) is 5.90. The highest BCUT2D eigenvalue weighted by molar-refractivity contribution is 5.78. The second-order valence-electron chi connectivity index (χ2n) is 5.61. The molecule has 0 aromatic rings. The Labute approximate surface area is 108 Å². The van der Waals surface area contributed by atoms with Gasteiger partial charge in [-0.15, -0.1) is 0 Å². The number of hydrogen-bond acceptors (Lipinski definition) is 3. The van der Waals surface area contributed by atoms with E-state index >= 15 is 0 Å². The monoisotopic (exact) mass is 256 g/mol. The number of nitrogens with zero attached hydrogens (tertiary/aromatic N) is 1. The van der Waals surface area contributed by atoms with Crippen molar-refractivity contribution in [2.24, 2.45) is 17.6 Å². The first-order valence-electron chi connectivity index (χ1n) is 6.60. The average Bonchev–Trinajstić information content (AvgIpc) is 2.28. The zero-order valence-corrected chi connectivity index (χ0v) is 11.4. The first kappa shape index (κ1) is 15.0. The lowest BCUT2D eigenvalue weighted by atomic mass is 9.91. The zero-order chi connectivity index (χ0) is 13.9. The summed E-state index contributed by atoms with van der Waals surface area (Å²) in [5.74, 6) is -0.746. The summed E-state index contributed by atoms with van der Waals surface area (Å²) in [6.07, 6.45) is 1.43. The van der Waals surface area contributed by atoms with Crippen LogP contribution < -0.4 is 5.73 Å². The molecule has 1 saturated heterocycles. The standard InChI is InChI=1S/C13H24N2O3/c1-8(2)11(14)7-12(16)15-5-4-10(13(17)18)6-9(15)3/h8-11H,4-7,14H2,1-3H3,(H,17,18). The van der Waals surface area contributed by atoms with Crippen molar-refractivity contribution >= 4 is 11.9 Å². The minimum Gasteiger partial charge on any atom is -0.481 e. The quantitative estimate of drug-likeness (QED) is 0.788. The fraction of sp³-hybridized carbons (Fsp3) is 0.846. The molecule has 0 aromatic heterocycles. The van der Waals surface area contributed by atoms with Gasteiger partial charge in [-0.25, -0.2) is 0 Å². The third-order valence-electron chi connectivity index (χ3n) is 3.81. The number of piperidine rings is 1. The number of amides is 1. The highest BCUT2D eigenvalue weighted by atomic mass is 16.4. The van der Waals surface area contributed by atoms with Gasteiger partial charge in [0.25, 0.3) is 0 Å². The van der Waals surface area contributed by atoms with Gasteiger partial charge >= 0.3 is 5.97 Å². The molecule has 0 saturated carbocycles. The van der Waals surface area contributed by atoms with Gasteiger partial charge in [-0.1, -0.05) is 13.8 Å². The minimum absolute atomic E-state index is 0.00767. The van der Waals surface area contributed by atoms with Crippen molar-refractivity contribution in [3.8, 4) is 0 Å². The first-order valence-corrected chi connectivity index (χ1v) is 6.60. The van der Waals surface area contributed by atoms with Gasteiger partial charge < -0.3 is 15.7 Å². The maximum atomic E-state index is 12.1. The Hall–Kier alpha value is -1.10. The summed E-state index contributed by atoms with van der Waals surface area (Å²) in [6.45, 7) is 6.44. The number of carboxylic acid groups (broad SMARTS) is 1. The Balaban J connectivity index is 2.53. The summed E-state index contributed by atoms with van der Waals surface area (Å²) in [5, 5.41) is 8.98. The van der Waals surface area contributed by atoms with Crippen molar-refractivity contribution in [1.82, 2.24) is 4.90 Å². The lowest BCUT2D eigenvalue weighted by Crippen LogP contribution is -2.48. The number of carbonyl (C=O) groups is 2. The van der Waals surface area contributed by atoms with Crippen LogP contribution in [-0.2, 0) is 9.59 Å². The molecule has 1 rings (SSSR count). The molecule has 1 amide bonds. The molecule has 3 atom stereocenters. The summed E-state index contributed by atoms with van der Waals surface area (Å²) >= 11 is 0. The summed E-state index contributed by atoms with van der Waals surface area (Å²) < 4.78 is 0. The molecule has 1 aliphatic rings. The van der Waals surface area contributed by atoms with Gasteiger partial charge in [0.05, 0.1) is 5.92 Å². The largest absolute Gasteiger partial charge is 0.481 e. The van der Waals surface area contributed by atoms with E-state index in [-0.39, 0.29) is 29.8 Å². The molecule has 0 aliphatic carbocycles. The predicted octanol–water partition coefficient (Wildman–Crippen LogP) is 1.07. The number of carbonyl (C=O) groups excluding carboxylic acids is 1. The first-order chi connectivity index (χ1) is 8.32. The highest BCUT2D eigenvalue weighted by Gasteiger charge is 2.32. The van der Waals surface area contributed by atoms with Gasteiger partial charge in [0.15, 0.2) is 0 Å². The molecular formula is C13H24N2O3. The molecule has 3 unspecified atom stereocenters. The van der Waals surface area contributed by atoms with E-state index in [1.54, 1.807) is 4.90 Å². The molecule has 0 aromatic carbocycles. The van der Waals surface area contributed by atoms with Crippen molar-refractivity contribution in [2.75, 3.05) is 6.54 Å². The normalized spacial score (nSPS) is 26.2. The smallest absolute Gasteiger partial charge is 0.306 e. The van der Waals surface area contributed by atoms with E-state index < -0.39 is 5.97 Å². The van der Waals surface area contributed by atoms with Crippen molar-refractivity contribution in [3.05, 3.63) is 0 Å². The van der Waals surface area contributed by atoms with Crippen molar-refractivity contribution < 1.29 is 14.7 Å². The van der Waals surface area contributed by atoms with E-state index in [0.717, 1.165) is 0 Å². The third-order valence-corrected chi connectivity index (χ3v) is 3.81. The molecule has 0 spiro atoms. The number of nitrogens with two attached hydrogens (primary N) is 1. The summed E-state index contributed by atoms with van der Waals surface area (Å²) in [4.78, 5) is 24.8. The molecule has 0 radical (unpaired) electrons. The van der Waals surface area contributed by atoms with Crippen LogP contribution in [-0.4, -0.2) is 40.5 Å². The maximum Gasteiger partial charge on any atom is 0.306 e. The number of aliphatic carboxylic acids is 1. The predicted molar refractivity (Wildman–Crippen MR) is 69.0 cm³/mol. The van der Waals surface area contributed by atoms with Crippen LogP contribution in [0.5, 0.6) is 0 Å². The maximum absolute atomic E-state index is 12.1. The number of carboxylic acids is 1. The molecule has 1 heterocycles. The molecule has 5 nitrogen and oxygen atoms in total. The van der Waals surface area contributed by atoms with Crippen LogP contribution in [0.2, 0.25) is 0 Å². The van der Waals surface area contributed by atoms with Crippen LogP contribution in [0.1, 0.15) is 40.0 Å². The lowest BCUT2D eigenvalue weighted by Gasteiger charge is -2.37. The Morgan fingerprint density at radius 2 is 2.06 bits per heavy atom. The molecule has 5 heteroatoms. The second-order valence-corrected chi connectivity index (χ2v) is 5.61. The molecule has 104 valence electrons. The lowest BCUT2D eigenvalue weighted by molar-refractivity contribution is -0.147. The SMILES string of the molecule is CC(C)C(N)CC(=O)N1CCC(C(=O)O)CC1C. The summed E-state index contributed by atoms with van der Waals surface area (Å²) in [6, 6.07) is -0.131. The van der Waals surface area contributed by atoms with Crippen LogP contribution >= 0.6 is 0 Å². The molecule has 1 fully saturated rings. The average molecular weight is 256 g/mol. The molecule has 3 N–H and O–H groups in total. The minimum atomic E-state index is -0.757. The topological polar surface area (TPSA) is 83.6 Å². The van der Waals surface area contributed by atoms with Crippen LogP contribution in [0.4, 0.5) is 0 Å². The fourth-order valence-electron chi connectivity index (χ4n) is 2.32. The highest BCUT2D eigenvalue weighted by Crippen LogP contribution is 2.24. The fourth-order valence-corrected chi connectivity index (χ4v) is 2.32. The number of rotatable bonds is 4. The number of likely N-dealkylation sites (tertiary alicyclic amines) is 1. The van der Waals surface area contributed by atoms with E-state index in [9.17, 15) is 9.59 Å². The molecular weight excluding hydrogens is 232 g/mol. The Morgan fingerprint density at radius 3 is 2.50 bits per heavy atom. The van der Waals surface area contributed by atoms with Crippen molar-refractivity contribution in [1.29, 1.82) is 0 Å². The van der Waals surface area contributed by atoms with Crippen molar-refractivity contribution in [2.45, 2.75) is 52.1 Å². The molecule has 1 aliphatic heterocycles. The van der Waals surface area contributed by atoms with Gasteiger partial charge in [-0.3, -0.25) is 9.59 Å². The van der Waals surface area contributed by atoms with E-state index in [2.05, 4.69) is 0 Å². The van der Waals surface area contributed by atoms with E-state index in [1.165, 1.54) is 0 Å². The Bertz CT molecular complexity index is 317. The van der Waals surface area contributed by atoms with Crippen LogP contribution in [0.25, 0.3) is 0 Å². The summed E-state index contributed by atoms with van der Waals surface area (Å²) in [7, 11) is 0. The Kier molecular flexibility index (Phi) is 5.14. The second kappa shape index (κ2) is 6.18. The molecule has 18 heavy (non-hydrogen) atoms.